The van der Waals surface area contributed by atoms with Crippen LogP contribution in [0.1, 0.15) is 17.5 Å². The Balaban J connectivity index is 1.68. The summed E-state index contributed by atoms with van der Waals surface area (Å²) in [6, 6.07) is 9.93. The lowest BCUT2D eigenvalue weighted by Gasteiger charge is -2.14. The van der Waals surface area contributed by atoms with E-state index in [0.717, 1.165) is 0 Å². The Morgan fingerprint density at radius 3 is 2.46 bits per heavy atom. The van der Waals surface area contributed by atoms with Crippen LogP contribution in [0.25, 0.3) is 0 Å². The molecule has 2 N–H and O–H groups in total. The quantitative estimate of drug-likeness (QED) is 0.681. The molecule has 0 fully saturated rings. The third kappa shape index (κ3) is 5.58. The van der Waals surface area contributed by atoms with Crippen LogP contribution in [0.15, 0.2) is 45.5 Å². The highest BCUT2D eigenvalue weighted by molar-refractivity contribution is 9.10. The highest BCUT2D eigenvalue weighted by atomic mass is 79.9. The molecule has 0 bridgehead atoms. The van der Waals surface area contributed by atoms with E-state index in [-0.39, 0.29) is 30.7 Å². The molecule has 1 heterocycles. The van der Waals surface area contributed by atoms with Gasteiger partial charge in [0.15, 0.2) is 16.5 Å². The third-order valence-electron chi connectivity index (χ3n) is 3.00. The molecule has 2 rings (SSSR count). The fourth-order valence-electron chi connectivity index (χ4n) is 1.80. The zero-order valence-electron chi connectivity index (χ0n) is 12.8. The second-order valence-corrected chi connectivity index (χ2v) is 6.08. The first-order valence-corrected chi connectivity index (χ1v) is 8.36. The average molecular weight is 416 g/mol. The van der Waals surface area contributed by atoms with Gasteiger partial charge in [0, 0.05) is 18.1 Å². The van der Waals surface area contributed by atoms with Crippen LogP contribution in [-0.4, -0.2) is 31.0 Å². The summed E-state index contributed by atoms with van der Waals surface area (Å²) in [6.07, 6.45) is -0.664. The van der Waals surface area contributed by atoms with E-state index in [4.69, 9.17) is 20.8 Å². The predicted octanol–water partition coefficient (Wildman–Crippen LogP) is 3.01. The van der Waals surface area contributed by atoms with Crippen molar-refractivity contribution in [3.63, 3.8) is 0 Å². The maximum atomic E-state index is 11.9. The zero-order chi connectivity index (χ0) is 17.5. The first kappa shape index (κ1) is 18.4. The maximum absolute atomic E-state index is 11.9. The minimum atomic E-state index is -0.664. The topological polar surface area (TPSA) is 80.6 Å². The predicted molar refractivity (Wildman–Crippen MR) is 93.3 cm³/mol. The summed E-state index contributed by atoms with van der Waals surface area (Å²) < 4.78 is 11.1. The van der Waals surface area contributed by atoms with Gasteiger partial charge in [0.25, 0.3) is 11.8 Å². The van der Waals surface area contributed by atoms with E-state index in [1.165, 1.54) is 0 Å². The number of carbonyl (C=O) groups excluding carboxylic acids is 2. The van der Waals surface area contributed by atoms with Gasteiger partial charge in [0.2, 0.25) is 0 Å². The van der Waals surface area contributed by atoms with E-state index in [2.05, 4.69) is 26.6 Å². The van der Waals surface area contributed by atoms with Crippen LogP contribution in [0.3, 0.4) is 0 Å². The SMILES string of the molecule is CC(Oc1ccc(Cl)cc1)C(=O)NCCNC(=O)c1ccc(Br)o1. The number of benzene rings is 1. The molecule has 0 spiro atoms. The number of furan rings is 1. The van der Waals surface area contributed by atoms with Crippen molar-refractivity contribution < 1.29 is 18.7 Å². The lowest BCUT2D eigenvalue weighted by Crippen LogP contribution is -2.40. The monoisotopic (exact) mass is 414 g/mol. The lowest BCUT2D eigenvalue weighted by molar-refractivity contribution is -0.127. The number of carbonyl (C=O) groups is 2. The van der Waals surface area contributed by atoms with Crippen LogP contribution < -0.4 is 15.4 Å². The highest BCUT2D eigenvalue weighted by Gasteiger charge is 2.14. The first-order valence-electron chi connectivity index (χ1n) is 7.19. The minimum Gasteiger partial charge on any atom is -0.481 e. The summed E-state index contributed by atoms with van der Waals surface area (Å²) in [6.45, 7) is 2.19. The van der Waals surface area contributed by atoms with Crippen molar-refractivity contribution in [3.05, 3.63) is 51.9 Å². The van der Waals surface area contributed by atoms with Gasteiger partial charge in [-0.05, 0) is 59.3 Å². The molecule has 0 aliphatic heterocycles. The van der Waals surface area contributed by atoms with Gasteiger partial charge in [-0.1, -0.05) is 11.6 Å². The van der Waals surface area contributed by atoms with Crippen LogP contribution in [0.2, 0.25) is 5.02 Å². The molecule has 24 heavy (non-hydrogen) atoms. The Morgan fingerprint density at radius 2 is 1.83 bits per heavy atom. The molecule has 1 unspecified atom stereocenters. The molecule has 1 aromatic carbocycles. The number of halogens is 2. The van der Waals surface area contributed by atoms with Gasteiger partial charge in [-0.25, -0.2) is 0 Å². The van der Waals surface area contributed by atoms with Crippen molar-refractivity contribution in [1.82, 2.24) is 10.6 Å². The molecule has 0 radical (unpaired) electrons. The second kappa shape index (κ2) is 8.75. The average Bonchev–Trinajstić information content (AvgIpc) is 3.00. The molecule has 128 valence electrons. The molecule has 1 aromatic heterocycles. The number of rotatable bonds is 7. The summed E-state index contributed by atoms with van der Waals surface area (Å²) in [7, 11) is 0. The Labute approximate surface area is 152 Å². The van der Waals surface area contributed by atoms with Crippen molar-refractivity contribution in [1.29, 1.82) is 0 Å². The summed E-state index contributed by atoms with van der Waals surface area (Å²) in [4.78, 5) is 23.7. The molecule has 2 amide bonds. The number of amides is 2. The van der Waals surface area contributed by atoms with E-state index in [1.807, 2.05) is 0 Å². The fraction of sp³-hybridized carbons (Fsp3) is 0.250. The van der Waals surface area contributed by atoms with Gasteiger partial charge < -0.3 is 19.8 Å². The van der Waals surface area contributed by atoms with Crippen LogP contribution in [0.5, 0.6) is 5.75 Å². The van der Waals surface area contributed by atoms with Crippen molar-refractivity contribution in [2.45, 2.75) is 13.0 Å². The smallest absolute Gasteiger partial charge is 0.287 e. The van der Waals surface area contributed by atoms with Gasteiger partial charge in [-0.3, -0.25) is 9.59 Å². The van der Waals surface area contributed by atoms with Gasteiger partial charge in [-0.15, -0.1) is 0 Å². The standard InChI is InChI=1S/C16H16BrClN2O4/c1-10(23-12-4-2-11(18)3-5-12)15(21)19-8-9-20-16(22)13-6-7-14(17)24-13/h2-7,10H,8-9H2,1H3,(H,19,21)(H,20,22). The Hall–Kier alpha value is -1.99. The number of hydrogen-bond donors (Lipinski definition) is 2. The molecule has 0 aliphatic carbocycles. The Morgan fingerprint density at radius 1 is 1.17 bits per heavy atom. The number of hydrogen-bond acceptors (Lipinski definition) is 4. The molecule has 6 nitrogen and oxygen atoms in total. The molecule has 1 atom stereocenters. The van der Waals surface area contributed by atoms with Crippen LogP contribution in [0, 0.1) is 0 Å². The number of nitrogens with one attached hydrogen (secondary N) is 2. The summed E-state index contributed by atoms with van der Waals surface area (Å²) in [5.74, 6) is 0.131. The zero-order valence-corrected chi connectivity index (χ0v) is 15.2. The first-order chi connectivity index (χ1) is 11.5. The van der Waals surface area contributed by atoms with Gasteiger partial charge in [-0.2, -0.15) is 0 Å². The van der Waals surface area contributed by atoms with Crippen molar-refractivity contribution in [3.8, 4) is 5.75 Å². The summed E-state index contributed by atoms with van der Waals surface area (Å²) in [5, 5.41) is 5.92. The van der Waals surface area contributed by atoms with Crippen LogP contribution in [0.4, 0.5) is 0 Å². The largest absolute Gasteiger partial charge is 0.481 e. The lowest BCUT2D eigenvalue weighted by atomic mass is 10.3. The van der Waals surface area contributed by atoms with Crippen molar-refractivity contribution in [2.24, 2.45) is 0 Å². The van der Waals surface area contributed by atoms with E-state index in [0.29, 0.717) is 15.4 Å². The molecule has 2 aromatic rings. The number of ether oxygens (including phenoxy) is 1. The normalized spacial score (nSPS) is 11.6. The molecule has 0 saturated heterocycles. The molecule has 0 saturated carbocycles. The van der Waals surface area contributed by atoms with Gasteiger partial charge >= 0.3 is 0 Å². The van der Waals surface area contributed by atoms with Crippen LogP contribution in [-0.2, 0) is 4.79 Å². The van der Waals surface area contributed by atoms with Crippen molar-refractivity contribution in [2.75, 3.05) is 13.1 Å². The minimum absolute atomic E-state index is 0.202. The summed E-state index contributed by atoms with van der Waals surface area (Å²) in [5.41, 5.74) is 0. The van der Waals surface area contributed by atoms with E-state index < -0.39 is 6.10 Å². The van der Waals surface area contributed by atoms with Crippen molar-refractivity contribution >= 4 is 39.3 Å². The maximum Gasteiger partial charge on any atom is 0.287 e. The second-order valence-electron chi connectivity index (χ2n) is 4.86. The van der Waals surface area contributed by atoms with Gasteiger partial charge in [0.05, 0.1) is 0 Å². The molecular formula is C16H16BrClN2O4. The highest BCUT2D eigenvalue weighted by Crippen LogP contribution is 2.16. The molecule has 8 heteroatoms. The summed E-state index contributed by atoms with van der Waals surface area (Å²) >= 11 is 8.91. The Bertz CT molecular complexity index is 702. The van der Waals surface area contributed by atoms with Crippen LogP contribution >= 0.6 is 27.5 Å². The van der Waals surface area contributed by atoms with E-state index >= 15 is 0 Å². The molecular weight excluding hydrogens is 400 g/mol. The van der Waals surface area contributed by atoms with E-state index in [1.54, 1.807) is 43.3 Å². The molecule has 0 aliphatic rings. The third-order valence-corrected chi connectivity index (χ3v) is 3.68. The Kier molecular flexibility index (Phi) is 6.69. The van der Waals surface area contributed by atoms with E-state index in [9.17, 15) is 9.59 Å². The van der Waals surface area contributed by atoms with Gasteiger partial charge in [0.1, 0.15) is 5.75 Å². The fourth-order valence-corrected chi connectivity index (χ4v) is 2.23.